The summed E-state index contributed by atoms with van der Waals surface area (Å²) in [7, 11) is 3.21. The van der Waals surface area contributed by atoms with Gasteiger partial charge in [-0.25, -0.2) is 0 Å². The summed E-state index contributed by atoms with van der Waals surface area (Å²) < 4.78 is 44.2. The molecule has 0 unspecified atom stereocenters. The Hall–Kier alpha value is -2.22. The zero-order valence-corrected chi connectivity index (χ0v) is 23.4. The summed E-state index contributed by atoms with van der Waals surface area (Å²) in [6.07, 6.45) is 0. The molecule has 0 N–H and O–H groups in total. The SMILES string of the molecule is CCOCOc1cc(OCOCC)cc(N(c2cscc2COCOC)c2cscc2COCOC)c1. The Morgan fingerprint density at radius 2 is 1.11 bits per heavy atom. The second kappa shape index (κ2) is 16.6. The van der Waals surface area contributed by atoms with Crippen molar-refractivity contribution < 1.29 is 37.9 Å². The summed E-state index contributed by atoms with van der Waals surface area (Å²) >= 11 is 3.20. The van der Waals surface area contributed by atoms with Crippen molar-refractivity contribution in [2.45, 2.75) is 27.1 Å². The van der Waals surface area contributed by atoms with E-state index in [0.717, 1.165) is 28.2 Å². The summed E-state index contributed by atoms with van der Waals surface area (Å²) in [5.41, 5.74) is 4.84. The molecule has 0 bridgehead atoms. The van der Waals surface area contributed by atoms with E-state index in [4.69, 9.17) is 37.9 Å². The van der Waals surface area contributed by atoms with Crippen LogP contribution in [0.15, 0.2) is 39.7 Å². The van der Waals surface area contributed by atoms with Crippen LogP contribution in [0.1, 0.15) is 25.0 Å². The Bertz CT molecular complexity index is 965. The third-order valence-corrected chi connectivity index (χ3v) is 6.55. The smallest absolute Gasteiger partial charge is 0.189 e. The minimum atomic E-state index is 0.133. The Labute approximate surface area is 226 Å². The van der Waals surface area contributed by atoms with Gasteiger partial charge in [0.05, 0.1) is 30.3 Å². The van der Waals surface area contributed by atoms with Crippen molar-refractivity contribution >= 4 is 39.7 Å². The van der Waals surface area contributed by atoms with Crippen molar-refractivity contribution in [1.29, 1.82) is 0 Å². The summed E-state index contributed by atoms with van der Waals surface area (Å²) in [5, 5.41) is 8.34. The van der Waals surface area contributed by atoms with E-state index in [-0.39, 0.29) is 27.2 Å². The van der Waals surface area contributed by atoms with Crippen molar-refractivity contribution in [1.82, 2.24) is 0 Å². The molecule has 0 atom stereocenters. The average molecular weight is 554 g/mol. The highest BCUT2D eigenvalue weighted by molar-refractivity contribution is 7.09. The van der Waals surface area contributed by atoms with Crippen molar-refractivity contribution in [3.63, 3.8) is 0 Å². The van der Waals surface area contributed by atoms with Gasteiger partial charge in [-0.05, 0) is 24.6 Å². The molecule has 37 heavy (non-hydrogen) atoms. The molecule has 0 fully saturated rings. The molecule has 204 valence electrons. The van der Waals surface area contributed by atoms with Gasteiger partial charge in [-0.15, -0.1) is 22.7 Å². The zero-order valence-electron chi connectivity index (χ0n) is 21.7. The highest BCUT2D eigenvalue weighted by atomic mass is 32.1. The van der Waals surface area contributed by atoms with E-state index in [9.17, 15) is 0 Å². The van der Waals surface area contributed by atoms with Gasteiger partial charge in [0.15, 0.2) is 13.6 Å². The largest absolute Gasteiger partial charge is 0.467 e. The number of benzene rings is 1. The molecular formula is C26H35NO8S2. The lowest BCUT2D eigenvalue weighted by Crippen LogP contribution is -2.14. The van der Waals surface area contributed by atoms with Crippen LogP contribution in [0.4, 0.5) is 17.1 Å². The van der Waals surface area contributed by atoms with E-state index < -0.39 is 0 Å². The molecule has 0 spiro atoms. The molecule has 11 heteroatoms. The maximum atomic E-state index is 5.89. The maximum Gasteiger partial charge on any atom is 0.189 e. The number of hydrogen-bond acceptors (Lipinski definition) is 11. The Kier molecular flexibility index (Phi) is 13.2. The van der Waals surface area contributed by atoms with Gasteiger partial charge in [0.2, 0.25) is 0 Å². The maximum absolute atomic E-state index is 5.89. The number of rotatable bonds is 19. The molecule has 0 aliphatic heterocycles. The number of nitrogens with zero attached hydrogens (tertiary/aromatic N) is 1. The van der Waals surface area contributed by atoms with Gasteiger partial charge in [0, 0.05) is 67.5 Å². The molecule has 0 aliphatic carbocycles. The standard InChI is InChI=1S/C26H35NO8S2/c1-5-30-18-34-23-7-22(8-24(9-23)35-19-31-6-2)27(25-14-36-12-20(25)10-32-16-28-3)26-15-37-13-21(26)11-33-17-29-4/h7-9,12-15H,5-6,10-11,16-19H2,1-4H3. The second-order valence-corrected chi connectivity index (χ2v) is 9.07. The van der Waals surface area contributed by atoms with Crippen LogP contribution in [0.3, 0.4) is 0 Å². The van der Waals surface area contributed by atoms with Crippen molar-refractivity contribution in [3.8, 4) is 11.5 Å². The summed E-state index contributed by atoms with van der Waals surface area (Å²) in [5.74, 6) is 1.23. The molecule has 2 heterocycles. The molecule has 3 aromatic rings. The first-order valence-corrected chi connectivity index (χ1v) is 13.7. The Morgan fingerprint density at radius 3 is 1.54 bits per heavy atom. The van der Waals surface area contributed by atoms with E-state index >= 15 is 0 Å². The van der Waals surface area contributed by atoms with Crippen LogP contribution in [-0.2, 0) is 41.6 Å². The third kappa shape index (κ3) is 8.94. The zero-order chi connectivity index (χ0) is 26.3. The lowest BCUT2D eigenvalue weighted by molar-refractivity contribution is -0.0388. The molecule has 0 amide bonds. The molecular weight excluding hydrogens is 518 g/mol. The Morgan fingerprint density at radius 1 is 0.622 bits per heavy atom. The molecule has 2 aromatic heterocycles. The molecule has 0 saturated carbocycles. The van der Waals surface area contributed by atoms with Crippen molar-refractivity contribution in [2.24, 2.45) is 0 Å². The fourth-order valence-electron chi connectivity index (χ4n) is 3.36. The van der Waals surface area contributed by atoms with E-state index in [1.165, 1.54) is 0 Å². The van der Waals surface area contributed by atoms with Crippen molar-refractivity contribution in [3.05, 3.63) is 50.8 Å². The van der Waals surface area contributed by atoms with Crippen LogP contribution in [-0.4, -0.2) is 54.6 Å². The van der Waals surface area contributed by atoms with Crippen LogP contribution in [0, 0.1) is 0 Å². The number of ether oxygens (including phenoxy) is 8. The Balaban J connectivity index is 2.05. The van der Waals surface area contributed by atoms with Gasteiger partial charge in [-0.3, -0.25) is 0 Å². The minimum absolute atomic E-state index is 0.133. The summed E-state index contributed by atoms with van der Waals surface area (Å²) in [6, 6.07) is 5.75. The number of methoxy groups -OCH3 is 2. The summed E-state index contributed by atoms with van der Waals surface area (Å²) in [4.78, 5) is 2.16. The predicted molar refractivity (Wildman–Crippen MR) is 144 cm³/mol. The molecule has 0 aliphatic rings. The normalized spacial score (nSPS) is 11.1. The molecule has 9 nitrogen and oxygen atoms in total. The van der Waals surface area contributed by atoms with Crippen LogP contribution in [0.2, 0.25) is 0 Å². The molecule has 1 aromatic carbocycles. The fourth-order valence-corrected chi connectivity index (χ4v) is 4.97. The lowest BCUT2D eigenvalue weighted by atomic mass is 10.1. The fraction of sp³-hybridized carbons (Fsp3) is 0.462. The third-order valence-electron chi connectivity index (χ3n) is 4.99. The molecule has 0 radical (unpaired) electrons. The predicted octanol–water partition coefficient (Wildman–Crippen LogP) is 6.27. The quantitative estimate of drug-likeness (QED) is 0.126. The first-order valence-electron chi connectivity index (χ1n) is 11.8. The van der Waals surface area contributed by atoms with Crippen LogP contribution < -0.4 is 14.4 Å². The topological polar surface area (TPSA) is 77.1 Å². The summed E-state index contributed by atoms with van der Waals surface area (Å²) in [6.45, 7) is 6.44. The van der Waals surface area contributed by atoms with Gasteiger partial charge in [-0.1, -0.05) is 0 Å². The van der Waals surface area contributed by atoms with E-state index in [1.807, 2.05) is 32.0 Å². The average Bonchev–Trinajstić information content (AvgIpc) is 3.55. The second-order valence-electron chi connectivity index (χ2n) is 7.58. The number of thiophene rings is 2. The van der Waals surface area contributed by atoms with E-state index in [0.29, 0.717) is 37.9 Å². The van der Waals surface area contributed by atoms with Gasteiger partial charge < -0.3 is 42.8 Å². The van der Waals surface area contributed by atoms with E-state index in [1.54, 1.807) is 36.9 Å². The molecule has 3 rings (SSSR count). The van der Waals surface area contributed by atoms with Crippen molar-refractivity contribution in [2.75, 3.05) is 59.5 Å². The molecule has 0 saturated heterocycles. The number of anilines is 3. The van der Waals surface area contributed by atoms with Crippen LogP contribution in [0.25, 0.3) is 0 Å². The van der Waals surface area contributed by atoms with Crippen LogP contribution >= 0.6 is 22.7 Å². The first-order chi connectivity index (χ1) is 18.2. The van der Waals surface area contributed by atoms with Crippen LogP contribution in [0.5, 0.6) is 11.5 Å². The number of hydrogen-bond donors (Lipinski definition) is 0. The van der Waals surface area contributed by atoms with Gasteiger partial charge in [0.25, 0.3) is 0 Å². The lowest BCUT2D eigenvalue weighted by Gasteiger charge is -2.27. The highest BCUT2D eigenvalue weighted by Crippen LogP contribution is 2.44. The monoisotopic (exact) mass is 553 g/mol. The minimum Gasteiger partial charge on any atom is -0.467 e. The highest BCUT2D eigenvalue weighted by Gasteiger charge is 2.22. The van der Waals surface area contributed by atoms with Gasteiger partial charge in [-0.2, -0.15) is 0 Å². The van der Waals surface area contributed by atoms with Gasteiger partial charge in [0.1, 0.15) is 25.1 Å². The van der Waals surface area contributed by atoms with Gasteiger partial charge >= 0.3 is 0 Å². The first kappa shape index (κ1) is 29.3. The van der Waals surface area contributed by atoms with E-state index in [2.05, 4.69) is 26.4 Å².